The second kappa shape index (κ2) is 8.42. The van der Waals surface area contributed by atoms with Crippen LogP contribution in [0.15, 0.2) is 22.7 Å². The zero-order valence-corrected chi connectivity index (χ0v) is 15.1. The fraction of sp³-hybridized carbons (Fsp3) is 0.500. The predicted octanol–water partition coefficient (Wildman–Crippen LogP) is 1.06. The first-order chi connectivity index (χ1) is 11.0. The van der Waals surface area contributed by atoms with Crippen molar-refractivity contribution in [1.29, 1.82) is 0 Å². The molecular formula is C16H23BrN4O2. The van der Waals surface area contributed by atoms with Crippen LogP contribution in [0.1, 0.15) is 5.56 Å². The van der Waals surface area contributed by atoms with Gasteiger partial charge < -0.3 is 15.5 Å². The van der Waals surface area contributed by atoms with Gasteiger partial charge in [0.2, 0.25) is 11.8 Å². The minimum Gasteiger partial charge on any atom is -0.339 e. The maximum absolute atomic E-state index is 12.2. The van der Waals surface area contributed by atoms with Crippen molar-refractivity contribution in [2.45, 2.75) is 6.92 Å². The molecule has 1 aliphatic rings. The smallest absolute Gasteiger partial charge is 0.238 e. The van der Waals surface area contributed by atoms with Crippen molar-refractivity contribution < 1.29 is 9.59 Å². The van der Waals surface area contributed by atoms with Crippen molar-refractivity contribution in [2.24, 2.45) is 0 Å². The van der Waals surface area contributed by atoms with Gasteiger partial charge in [-0.2, -0.15) is 0 Å². The highest BCUT2D eigenvalue weighted by atomic mass is 79.9. The van der Waals surface area contributed by atoms with E-state index < -0.39 is 0 Å². The Morgan fingerprint density at radius 2 is 2.00 bits per heavy atom. The van der Waals surface area contributed by atoms with E-state index in [1.165, 1.54) is 0 Å². The van der Waals surface area contributed by atoms with Gasteiger partial charge in [-0.15, -0.1) is 0 Å². The molecule has 0 aromatic heterocycles. The fourth-order valence-electron chi connectivity index (χ4n) is 2.50. The second-order valence-electron chi connectivity index (χ2n) is 5.81. The van der Waals surface area contributed by atoms with Crippen LogP contribution in [-0.4, -0.2) is 67.9 Å². The average molecular weight is 383 g/mol. The van der Waals surface area contributed by atoms with E-state index in [2.05, 4.69) is 26.6 Å². The number of nitrogens with zero attached hydrogens (tertiary/aromatic N) is 2. The molecule has 2 N–H and O–H groups in total. The van der Waals surface area contributed by atoms with Crippen LogP contribution in [-0.2, 0) is 9.59 Å². The number of carbonyl (C=O) groups excluding carboxylic acids is 2. The van der Waals surface area contributed by atoms with Gasteiger partial charge in [-0.05, 0) is 37.7 Å². The number of benzene rings is 1. The number of anilines is 1. The number of amides is 2. The van der Waals surface area contributed by atoms with Crippen molar-refractivity contribution in [3.05, 3.63) is 28.2 Å². The quantitative estimate of drug-likeness (QED) is 0.798. The van der Waals surface area contributed by atoms with Crippen molar-refractivity contribution in [1.82, 2.24) is 15.1 Å². The lowest BCUT2D eigenvalue weighted by Crippen LogP contribution is -2.49. The van der Waals surface area contributed by atoms with Crippen LogP contribution in [0, 0.1) is 6.92 Å². The summed E-state index contributed by atoms with van der Waals surface area (Å²) in [5.74, 6) is -0.0485. The molecule has 0 radical (unpaired) electrons. The largest absolute Gasteiger partial charge is 0.339 e. The van der Waals surface area contributed by atoms with Crippen LogP contribution in [0.5, 0.6) is 0 Å². The van der Waals surface area contributed by atoms with Crippen LogP contribution >= 0.6 is 15.9 Å². The van der Waals surface area contributed by atoms with Gasteiger partial charge >= 0.3 is 0 Å². The molecule has 1 heterocycles. The molecule has 0 saturated carbocycles. The van der Waals surface area contributed by atoms with Gasteiger partial charge in [0.1, 0.15) is 0 Å². The topological polar surface area (TPSA) is 64.7 Å². The van der Waals surface area contributed by atoms with Crippen molar-refractivity contribution >= 4 is 33.4 Å². The molecular weight excluding hydrogens is 360 g/mol. The second-order valence-corrected chi connectivity index (χ2v) is 6.73. The SMILES string of the molecule is Cc1cc(Br)ccc1NC(=O)CN(C)CC(=O)N1CCNCC1. The van der Waals surface area contributed by atoms with Crippen LogP contribution in [0.4, 0.5) is 5.69 Å². The Labute approximate surface area is 145 Å². The standard InChI is InChI=1S/C16H23BrN4O2/c1-12-9-13(17)3-4-14(12)19-15(22)10-20(2)11-16(23)21-7-5-18-6-8-21/h3-4,9,18H,5-8,10-11H2,1-2H3,(H,19,22). The molecule has 23 heavy (non-hydrogen) atoms. The van der Waals surface area contributed by atoms with Gasteiger partial charge in [-0.1, -0.05) is 15.9 Å². The Balaban J connectivity index is 1.81. The molecule has 1 saturated heterocycles. The molecule has 2 amide bonds. The highest BCUT2D eigenvalue weighted by Gasteiger charge is 2.18. The van der Waals surface area contributed by atoms with Gasteiger partial charge in [0, 0.05) is 36.3 Å². The number of piperazine rings is 1. The monoisotopic (exact) mass is 382 g/mol. The number of rotatable bonds is 5. The first-order valence-electron chi connectivity index (χ1n) is 7.69. The average Bonchev–Trinajstić information content (AvgIpc) is 2.50. The van der Waals surface area contributed by atoms with Crippen molar-refractivity contribution in [3.63, 3.8) is 0 Å². The third-order valence-corrected chi connectivity index (χ3v) is 4.24. The third-order valence-electron chi connectivity index (χ3n) is 3.75. The van der Waals surface area contributed by atoms with Crippen LogP contribution in [0.3, 0.4) is 0 Å². The first-order valence-corrected chi connectivity index (χ1v) is 8.48. The number of hydrogen-bond acceptors (Lipinski definition) is 4. The Bertz CT molecular complexity index is 573. The maximum atomic E-state index is 12.2. The number of halogens is 1. The Hall–Kier alpha value is -1.44. The summed E-state index contributed by atoms with van der Waals surface area (Å²) in [5, 5.41) is 6.10. The molecule has 126 valence electrons. The Kier molecular flexibility index (Phi) is 6.56. The number of aryl methyl sites for hydroxylation is 1. The number of nitrogens with one attached hydrogen (secondary N) is 2. The van der Waals surface area contributed by atoms with Crippen molar-refractivity contribution in [2.75, 3.05) is 51.6 Å². The Morgan fingerprint density at radius 3 is 2.65 bits per heavy atom. The van der Waals surface area contributed by atoms with Crippen molar-refractivity contribution in [3.8, 4) is 0 Å². The zero-order valence-electron chi connectivity index (χ0n) is 13.6. The lowest BCUT2D eigenvalue weighted by molar-refractivity contribution is -0.133. The molecule has 0 aliphatic carbocycles. The molecule has 1 aromatic carbocycles. The van der Waals surface area contributed by atoms with Crippen LogP contribution in [0.25, 0.3) is 0 Å². The highest BCUT2D eigenvalue weighted by Crippen LogP contribution is 2.19. The van der Waals surface area contributed by atoms with Crippen LogP contribution in [0.2, 0.25) is 0 Å². The predicted molar refractivity (Wildman–Crippen MR) is 94.5 cm³/mol. The summed E-state index contributed by atoms with van der Waals surface area (Å²) in [6, 6.07) is 5.71. The molecule has 0 unspecified atom stereocenters. The van der Waals surface area contributed by atoms with Gasteiger partial charge in [0.05, 0.1) is 13.1 Å². The third kappa shape index (κ3) is 5.60. The van der Waals surface area contributed by atoms with Crippen LogP contribution < -0.4 is 10.6 Å². The molecule has 2 rings (SSSR count). The van der Waals surface area contributed by atoms with Gasteiger partial charge in [-0.25, -0.2) is 0 Å². The van der Waals surface area contributed by atoms with E-state index >= 15 is 0 Å². The summed E-state index contributed by atoms with van der Waals surface area (Å²) >= 11 is 3.40. The highest BCUT2D eigenvalue weighted by molar-refractivity contribution is 9.10. The van der Waals surface area contributed by atoms with E-state index in [1.54, 1.807) is 11.9 Å². The van der Waals surface area contributed by atoms with Gasteiger partial charge in [-0.3, -0.25) is 14.5 Å². The molecule has 0 spiro atoms. The number of hydrogen-bond donors (Lipinski definition) is 2. The summed E-state index contributed by atoms with van der Waals surface area (Å²) in [6.07, 6.45) is 0. The van der Waals surface area contributed by atoms with E-state index in [9.17, 15) is 9.59 Å². The van der Waals surface area contributed by atoms with Gasteiger partial charge in [0.25, 0.3) is 0 Å². The minimum absolute atomic E-state index is 0.0709. The van der Waals surface area contributed by atoms with E-state index in [1.807, 2.05) is 30.0 Å². The summed E-state index contributed by atoms with van der Waals surface area (Å²) in [7, 11) is 1.79. The minimum atomic E-state index is -0.119. The first kappa shape index (κ1) is 17.9. The lowest BCUT2D eigenvalue weighted by Gasteiger charge is -2.29. The number of likely N-dealkylation sites (N-methyl/N-ethyl adjacent to an activating group) is 1. The molecule has 6 nitrogen and oxygen atoms in total. The summed E-state index contributed by atoms with van der Waals surface area (Å²) in [5.41, 5.74) is 1.78. The van der Waals surface area contributed by atoms with E-state index in [0.717, 1.165) is 41.9 Å². The summed E-state index contributed by atoms with van der Waals surface area (Å²) < 4.78 is 0.978. The van der Waals surface area contributed by atoms with Gasteiger partial charge in [0.15, 0.2) is 0 Å². The fourth-order valence-corrected chi connectivity index (χ4v) is 2.98. The molecule has 1 aromatic rings. The van der Waals surface area contributed by atoms with E-state index in [-0.39, 0.29) is 24.9 Å². The zero-order chi connectivity index (χ0) is 16.8. The maximum Gasteiger partial charge on any atom is 0.238 e. The van der Waals surface area contributed by atoms with E-state index in [4.69, 9.17) is 0 Å². The molecule has 7 heteroatoms. The molecule has 0 bridgehead atoms. The normalized spacial score (nSPS) is 14.9. The number of carbonyl (C=O) groups is 2. The summed E-state index contributed by atoms with van der Waals surface area (Å²) in [4.78, 5) is 27.9. The lowest BCUT2D eigenvalue weighted by atomic mass is 10.2. The molecule has 1 aliphatic heterocycles. The van der Waals surface area contributed by atoms with E-state index in [0.29, 0.717) is 0 Å². The molecule has 1 fully saturated rings. The molecule has 0 atom stereocenters. The Morgan fingerprint density at radius 1 is 1.30 bits per heavy atom. The summed E-state index contributed by atoms with van der Waals surface area (Å²) in [6.45, 7) is 5.52.